The third-order valence-electron chi connectivity index (χ3n) is 11.2. The Morgan fingerprint density at radius 3 is 2.54 bits per heavy atom. The van der Waals surface area contributed by atoms with E-state index in [1.165, 1.54) is 6.08 Å². The molecule has 5 N–H and O–H groups in total. The third kappa shape index (κ3) is 13.5. The van der Waals surface area contributed by atoms with Crippen LogP contribution < -0.4 is 5.32 Å². The number of likely N-dealkylation sites (N-methyl/N-ethyl adjacent to an activating group) is 1. The van der Waals surface area contributed by atoms with Gasteiger partial charge in [0.1, 0.15) is 12.2 Å². The fraction of sp³-hybridized carbons (Fsp3) is 0.614. The van der Waals surface area contributed by atoms with E-state index in [0.717, 1.165) is 22.2 Å². The number of carbonyl (C=O) groups excluding carboxylic acids is 2. The van der Waals surface area contributed by atoms with Gasteiger partial charge < -0.3 is 44.9 Å². The number of rotatable bonds is 16. The highest BCUT2D eigenvalue weighted by atomic mass is 16.7. The number of cyclic esters (lactones) is 1. The zero-order chi connectivity index (χ0) is 43.2. The van der Waals surface area contributed by atoms with Gasteiger partial charge in [0, 0.05) is 36.3 Å². The van der Waals surface area contributed by atoms with E-state index in [1.54, 1.807) is 62.8 Å². The standard InChI is InChI=1S/C44H66N6O9/c1-9-39-33(26-51)19-27(3)15-16-37(53)28(4)20-32(17-18-45-23-34-25-50(48-47-34)35-21-31-13-11-12-14-36(31)46-24-35)43(29(5)38(54)22-40(55)58-39)59-44(57-10-2)42(56)41(30(6)52)49(7)8/h11-16,19,21,24-25,28-30,32-33,38-39,41-45,51-52,54,56H,9-10,17-18,20,22-23,26H2,1-8H3/b16-15+,27-19+/t28-,29+,30-,32+,33-,38-,39-,41?,42?,43-,44+/m1/s1. The molecule has 0 amide bonds. The number of carbonyl (C=O) groups is 2. The summed E-state index contributed by atoms with van der Waals surface area (Å²) in [6, 6.07) is 9.07. The van der Waals surface area contributed by atoms with Crippen molar-refractivity contribution < 1.29 is 44.2 Å². The van der Waals surface area contributed by atoms with E-state index in [2.05, 4.69) is 20.6 Å². The lowest BCUT2D eigenvalue weighted by molar-refractivity contribution is -0.251. The zero-order valence-corrected chi connectivity index (χ0v) is 35.8. The van der Waals surface area contributed by atoms with Crippen LogP contribution in [0.15, 0.2) is 66.5 Å². The molecule has 3 heterocycles. The minimum absolute atomic E-state index is 0.114. The molecule has 0 spiro atoms. The number of aromatic nitrogens is 4. The Kier molecular flexibility index (Phi) is 18.8. The summed E-state index contributed by atoms with van der Waals surface area (Å²) in [5, 5.41) is 57.4. The number of para-hydroxylation sites is 1. The van der Waals surface area contributed by atoms with Gasteiger partial charge in [0.05, 0.1) is 66.7 Å². The van der Waals surface area contributed by atoms with Crippen molar-refractivity contribution in [3.05, 3.63) is 72.2 Å². The molecule has 11 atom stereocenters. The van der Waals surface area contributed by atoms with Crippen LogP contribution in [0.4, 0.5) is 0 Å². The minimum atomic E-state index is -1.31. The van der Waals surface area contributed by atoms with Crippen LogP contribution in [-0.2, 0) is 30.3 Å². The highest BCUT2D eigenvalue weighted by Crippen LogP contribution is 2.33. The van der Waals surface area contributed by atoms with E-state index in [-0.39, 0.29) is 25.4 Å². The van der Waals surface area contributed by atoms with Gasteiger partial charge in [0.15, 0.2) is 12.1 Å². The fourth-order valence-corrected chi connectivity index (χ4v) is 7.88. The van der Waals surface area contributed by atoms with Crippen molar-refractivity contribution in [3.8, 4) is 5.69 Å². The lowest BCUT2D eigenvalue weighted by Crippen LogP contribution is -2.55. The Hall–Kier alpha value is -3.93. The average molecular weight is 823 g/mol. The van der Waals surface area contributed by atoms with E-state index in [9.17, 15) is 30.0 Å². The van der Waals surface area contributed by atoms with Crippen molar-refractivity contribution >= 4 is 22.7 Å². The van der Waals surface area contributed by atoms with Crippen molar-refractivity contribution in [3.63, 3.8) is 0 Å². The summed E-state index contributed by atoms with van der Waals surface area (Å²) in [4.78, 5) is 33.3. The molecule has 0 radical (unpaired) electrons. The van der Waals surface area contributed by atoms with E-state index in [1.807, 2.05) is 57.3 Å². The van der Waals surface area contributed by atoms with Crippen molar-refractivity contribution in [2.75, 3.05) is 33.9 Å². The molecule has 3 aromatic rings. The molecule has 0 fully saturated rings. The summed E-state index contributed by atoms with van der Waals surface area (Å²) in [5.74, 6) is -2.85. The topological polar surface area (TPSA) is 202 Å². The summed E-state index contributed by atoms with van der Waals surface area (Å²) >= 11 is 0. The molecule has 1 aliphatic rings. The first-order valence-electron chi connectivity index (χ1n) is 20.8. The number of nitrogens with one attached hydrogen (secondary N) is 1. The maximum Gasteiger partial charge on any atom is 0.308 e. The molecule has 1 aromatic carbocycles. The first-order chi connectivity index (χ1) is 28.2. The molecule has 0 saturated carbocycles. The molecule has 0 bridgehead atoms. The van der Waals surface area contributed by atoms with Gasteiger partial charge in [-0.3, -0.25) is 14.6 Å². The van der Waals surface area contributed by atoms with Crippen LogP contribution in [0.5, 0.6) is 0 Å². The van der Waals surface area contributed by atoms with Gasteiger partial charge in [0.25, 0.3) is 0 Å². The minimum Gasteiger partial charge on any atom is -0.462 e. The molecule has 15 nitrogen and oxygen atoms in total. The molecule has 59 heavy (non-hydrogen) atoms. The molecule has 1 aliphatic heterocycles. The van der Waals surface area contributed by atoms with Crippen LogP contribution in [0.2, 0.25) is 0 Å². The lowest BCUT2D eigenvalue weighted by Gasteiger charge is -2.41. The van der Waals surface area contributed by atoms with Crippen molar-refractivity contribution in [1.82, 2.24) is 30.2 Å². The number of nitrogens with zero attached hydrogens (tertiary/aromatic N) is 5. The Labute approximate surface area is 348 Å². The van der Waals surface area contributed by atoms with Crippen LogP contribution >= 0.6 is 0 Å². The van der Waals surface area contributed by atoms with Crippen molar-refractivity contribution in [1.29, 1.82) is 0 Å². The molecule has 0 aliphatic carbocycles. The van der Waals surface area contributed by atoms with Crippen LogP contribution in [0.3, 0.4) is 0 Å². The predicted molar refractivity (Wildman–Crippen MR) is 224 cm³/mol. The number of pyridine rings is 1. The second-order valence-corrected chi connectivity index (χ2v) is 16.1. The van der Waals surface area contributed by atoms with Gasteiger partial charge in [-0.2, -0.15) is 0 Å². The second kappa shape index (κ2) is 23.2. The maximum absolute atomic E-state index is 13.7. The monoisotopic (exact) mass is 822 g/mol. The Morgan fingerprint density at radius 2 is 1.86 bits per heavy atom. The van der Waals surface area contributed by atoms with Gasteiger partial charge in [-0.05, 0) is 84.8 Å². The van der Waals surface area contributed by atoms with Crippen LogP contribution in [0, 0.1) is 23.7 Å². The van der Waals surface area contributed by atoms with E-state index < -0.39 is 72.5 Å². The fourth-order valence-electron chi connectivity index (χ4n) is 7.88. The van der Waals surface area contributed by atoms with Gasteiger partial charge >= 0.3 is 5.97 Å². The SMILES string of the molecule is CCO[C@@H](O[C@H]1[C@@H](CCNCc2cn(-c3cnc4ccccc4c3)nn2)C[C@@H](C)C(=O)/C=C/C(C)=C/[C@H](CO)[C@@H](CC)OC(=O)C[C@@H](O)[C@@H]1C)C(O)C([C@@H](C)O)N(C)C. The van der Waals surface area contributed by atoms with Crippen molar-refractivity contribution in [2.24, 2.45) is 23.7 Å². The Balaban J connectivity index is 1.65. The van der Waals surface area contributed by atoms with Crippen LogP contribution in [0.25, 0.3) is 16.6 Å². The van der Waals surface area contributed by atoms with E-state index in [4.69, 9.17) is 14.2 Å². The predicted octanol–water partition coefficient (Wildman–Crippen LogP) is 3.76. The highest BCUT2D eigenvalue weighted by molar-refractivity contribution is 5.91. The number of allylic oxidation sites excluding steroid dienone is 3. The molecular formula is C44H66N6O9. The molecule has 0 saturated heterocycles. The number of ether oxygens (including phenoxy) is 3. The number of aliphatic hydroxyl groups excluding tert-OH is 4. The number of aliphatic hydroxyl groups is 4. The number of hydrogen-bond donors (Lipinski definition) is 5. The normalized spacial score (nSPS) is 27.5. The highest BCUT2D eigenvalue weighted by Gasteiger charge is 2.41. The van der Waals surface area contributed by atoms with Gasteiger partial charge in [-0.25, -0.2) is 4.68 Å². The number of ketones is 1. The number of hydrogen-bond acceptors (Lipinski definition) is 14. The Bertz CT molecular complexity index is 1820. The average Bonchev–Trinajstić information content (AvgIpc) is 3.68. The summed E-state index contributed by atoms with van der Waals surface area (Å²) in [6.07, 6.45) is 3.25. The number of fused-ring (bicyclic) bond motifs is 1. The molecule has 4 rings (SSSR count). The Morgan fingerprint density at radius 1 is 1.12 bits per heavy atom. The zero-order valence-electron chi connectivity index (χ0n) is 35.8. The number of benzene rings is 1. The first-order valence-corrected chi connectivity index (χ1v) is 20.8. The molecule has 2 unspecified atom stereocenters. The second-order valence-electron chi connectivity index (χ2n) is 16.1. The quantitative estimate of drug-likeness (QED) is 0.0795. The first kappa shape index (κ1) is 47.7. The largest absolute Gasteiger partial charge is 0.462 e. The van der Waals surface area contributed by atoms with Gasteiger partial charge in [-0.1, -0.05) is 61.9 Å². The van der Waals surface area contributed by atoms with Gasteiger partial charge in [-0.15, -0.1) is 5.10 Å². The summed E-state index contributed by atoms with van der Waals surface area (Å²) in [5.41, 5.74) is 3.09. The smallest absolute Gasteiger partial charge is 0.308 e. The van der Waals surface area contributed by atoms with E-state index >= 15 is 0 Å². The summed E-state index contributed by atoms with van der Waals surface area (Å²) < 4.78 is 20.2. The van der Waals surface area contributed by atoms with Crippen molar-refractivity contribution in [2.45, 2.75) is 117 Å². The van der Waals surface area contributed by atoms with Crippen LogP contribution in [0.1, 0.15) is 72.9 Å². The number of esters is 1. The molecule has 15 heteroatoms. The molecule has 326 valence electrons. The molecule has 2 aromatic heterocycles. The van der Waals surface area contributed by atoms with Crippen LogP contribution in [-0.4, -0.2) is 134 Å². The lowest BCUT2D eigenvalue weighted by atomic mass is 9.79. The molecular weight excluding hydrogens is 757 g/mol. The summed E-state index contributed by atoms with van der Waals surface area (Å²) in [7, 11) is 3.48. The van der Waals surface area contributed by atoms with Gasteiger partial charge in [0.2, 0.25) is 0 Å². The maximum atomic E-state index is 13.7. The summed E-state index contributed by atoms with van der Waals surface area (Å²) in [6.45, 7) is 11.4. The van der Waals surface area contributed by atoms with E-state index in [0.29, 0.717) is 38.0 Å². The third-order valence-corrected chi connectivity index (χ3v) is 11.2.